The monoisotopic (exact) mass is 457 g/mol. The highest BCUT2D eigenvalue weighted by Crippen LogP contribution is 2.26. The van der Waals surface area contributed by atoms with Crippen molar-refractivity contribution in [3.8, 4) is 11.1 Å². The minimum Gasteiger partial charge on any atom is -0.348 e. The standard InChI is InChI=1S/C26H24ClN5O/c1-19-14-24(10-11-25(19)20-6-3-2-4-7-20)32(31-13-12-23-16-28-17-29-23)18-30-26(33)21-8-5-9-22(27)15-21/h2-11,14-18,31H,12-13H2,1H3,(H,28,29). The number of hydrazine groups is 1. The van der Waals surface area contributed by atoms with E-state index in [-0.39, 0.29) is 5.91 Å². The number of carbonyl (C=O) groups is 1. The molecule has 1 amide bonds. The zero-order chi connectivity index (χ0) is 23.0. The number of nitrogens with zero attached hydrogens (tertiary/aromatic N) is 3. The molecule has 0 saturated carbocycles. The third-order valence-corrected chi connectivity index (χ3v) is 5.40. The molecule has 4 rings (SSSR count). The fourth-order valence-corrected chi connectivity index (χ4v) is 3.67. The van der Waals surface area contributed by atoms with Crippen molar-refractivity contribution in [2.45, 2.75) is 13.3 Å². The molecule has 1 heterocycles. The van der Waals surface area contributed by atoms with Gasteiger partial charge in [0, 0.05) is 35.4 Å². The molecule has 7 heteroatoms. The van der Waals surface area contributed by atoms with E-state index in [9.17, 15) is 4.79 Å². The normalized spacial score (nSPS) is 11.1. The number of anilines is 1. The highest BCUT2D eigenvalue weighted by atomic mass is 35.5. The number of aryl methyl sites for hydroxylation is 1. The van der Waals surface area contributed by atoms with Gasteiger partial charge in [-0.25, -0.2) is 10.4 Å². The van der Waals surface area contributed by atoms with Crippen molar-refractivity contribution in [2.75, 3.05) is 11.6 Å². The van der Waals surface area contributed by atoms with E-state index in [2.05, 4.69) is 51.6 Å². The molecule has 0 aliphatic heterocycles. The van der Waals surface area contributed by atoms with Gasteiger partial charge in [-0.15, -0.1) is 0 Å². The maximum Gasteiger partial charge on any atom is 0.278 e. The number of hydrogen-bond donors (Lipinski definition) is 2. The lowest BCUT2D eigenvalue weighted by atomic mass is 10.00. The fourth-order valence-electron chi connectivity index (χ4n) is 3.48. The van der Waals surface area contributed by atoms with Gasteiger partial charge in [-0.1, -0.05) is 54.1 Å². The lowest BCUT2D eigenvalue weighted by Gasteiger charge is -2.22. The molecule has 0 unspecified atom stereocenters. The second-order valence-electron chi connectivity index (χ2n) is 7.53. The number of nitrogens with one attached hydrogen (secondary N) is 2. The summed E-state index contributed by atoms with van der Waals surface area (Å²) >= 11 is 6.01. The number of aromatic amines is 1. The molecule has 6 nitrogen and oxygen atoms in total. The number of imidazole rings is 1. The summed E-state index contributed by atoms with van der Waals surface area (Å²) < 4.78 is 0. The first-order valence-corrected chi connectivity index (χ1v) is 11.0. The van der Waals surface area contributed by atoms with Gasteiger partial charge < -0.3 is 4.98 Å². The van der Waals surface area contributed by atoms with Crippen molar-refractivity contribution in [3.63, 3.8) is 0 Å². The molecular formula is C26H24ClN5O. The maximum absolute atomic E-state index is 12.6. The lowest BCUT2D eigenvalue weighted by Crippen LogP contribution is -2.38. The van der Waals surface area contributed by atoms with Crippen LogP contribution in [0.4, 0.5) is 5.69 Å². The zero-order valence-corrected chi connectivity index (χ0v) is 19.0. The van der Waals surface area contributed by atoms with Crippen LogP contribution in [-0.4, -0.2) is 28.8 Å². The Bertz CT molecular complexity index is 1240. The number of aliphatic imine (C=N–C) groups is 1. The van der Waals surface area contributed by atoms with Crippen LogP contribution in [-0.2, 0) is 6.42 Å². The highest BCUT2D eigenvalue weighted by molar-refractivity contribution is 6.31. The van der Waals surface area contributed by atoms with Gasteiger partial charge in [-0.05, 0) is 53.9 Å². The molecule has 2 N–H and O–H groups in total. The van der Waals surface area contributed by atoms with Crippen molar-refractivity contribution >= 4 is 29.5 Å². The van der Waals surface area contributed by atoms with E-state index in [1.54, 1.807) is 41.8 Å². The van der Waals surface area contributed by atoms with Crippen LogP contribution in [0.2, 0.25) is 5.02 Å². The molecular weight excluding hydrogens is 434 g/mol. The number of hydrogen-bond acceptors (Lipinski definition) is 3. The number of aromatic nitrogens is 2. The smallest absolute Gasteiger partial charge is 0.278 e. The van der Waals surface area contributed by atoms with Crippen LogP contribution < -0.4 is 10.4 Å². The van der Waals surface area contributed by atoms with Gasteiger partial charge in [0.05, 0.1) is 12.0 Å². The topological polar surface area (TPSA) is 73.4 Å². The Morgan fingerprint density at radius 3 is 2.70 bits per heavy atom. The molecule has 0 aliphatic rings. The van der Waals surface area contributed by atoms with Crippen LogP contribution in [0.5, 0.6) is 0 Å². The van der Waals surface area contributed by atoms with E-state index in [0.717, 1.165) is 34.5 Å². The molecule has 33 heavy (non-hydrogen) atoms. The lowest BCUT2D eigenvalue weighted by molar-refractivity contribution is 0.100. The van der Waals surface area contributed by atoms with Gasteiger partial charge in [-0.2, -0.15) is 4.99 Å². The van der Waals surface area contributed by atoms with E-state index < -0.39 is 0 Å². The van der Waals surface area contributed by atoms with E-state index >= 15 is 0 Å². The van der Waals surface area contributed by atoms with Gasteiger partial charge in [-0.3, -0.25) is 9.80 Å². The molecule has 0 atom stereocenters. The summed E-state index contributed by atoms with van der Waals surface area (Å²) in [6.45, 7) is 2.70. The fraction of sp³-hybridized carbons (Fsp3) is 0.115. The van der Waals surface area contributed by atoms with Crippen molar-refractivity contribution in [1.82, 2.24) is 15.4 Å². The highest BCUT2D eigenvalue weighted by Gasteiger charge is 2.10. The van der Waals surface area contributed by atoms with Gasteiger partial charge in [0.25, 0.3) is 5.91 Å². The van der Waals surface area contributed by atoms with E-state index in [1.807, 2.05) is 24.3 Å². The minimum atomic E-state index is -0.365. The minimum absolute atomic E-state index is 0.365. The zero-order valence-electron chi connectivity index (χ0n) is 18.2. The Morgan fingerprint density at radius 2 is 1.97 bits per heavy atom. The van der Waals surface area contributed by atoms with Crippen LogP contribution in [0.3, 0.4) is 0 Å². The molecule has 0 bridgehead atoms. The van der Waals surface area contributed by atoms with Crippen molar-refractivity contribution < 1.29 is 4.79 Å². The summed E-state index contributed by atoms with van der Waals surface area (Å²) in [6.07, 6.45) is 5.70. The summed E-state index contributed by atoms with van der Waals surface area (Å²) in [5.74, 6) is -0.365. The van der Waals surface area contributed by atoms with Crippen LogP contribution >= 0.6 is 11.6 Å². The van der Waals surface area contributed by atoms with E-state index in [4.69, 9.17) is 11.6 Å². The largest absolute Gasteiger partial charge is 0.348 e. The molecule has 1 aromatic heterocycles. The van der Waals surface area contributed by atoms with E-state index in [1.165, 1.54) is 6.34 Å². The predicted molar refractivity (Wildman–Crippen MR) is 134 cm³/mol. The second kappa shape index (κ2) is 10.7. The first kappa shape index (κ1) is 22.5. The van der Waals surface area contributed by atoms with Gasteiger partial charge >= 0.3 is 0 Å². The summed E-state index contributed by atoms with van der Waals surface area (Å²) in [5, 5.41) is 2.26. The van der Waals surface area contributed by atoms with Crippen LogP contribution in [0, 0.1) is 6.92 Å². The van der Waals surface area contributed by atoms with Gasteiger partial charge in [0.1, 0.15) is 6.34 Å². The first-order chi connectivity index (χ1) is 16.1. The molecule has 0 saturated heterocycles. The SMILES string of the molecule is Cc1cc(N(C=NC(=O)c2cccc(Cl)c2)NCCc2cnc[nH]2)ccc1-c1ccccc1. The number of carbonyl (C=O) groups excluding carboxylic acids is 1. The number of H-pyrrole nitrogens is 1. The summed E-state index contributed by atoms with van der Waals surface area (Å²) in [5.41, 5.74) is 9.10. The summed E-state index contributed by atoms with van der Waals surface area (Å²) in [4.78, 5) is 23.9. The van der Waals surface area contributed by atoms with Crippen molar-refractivity contribution in [3.05, 3.63) is 107 Å². The Kier molecular flexibility index (Phi) is 7.29. The van der Waals surface area contributed by atoms with Crippen LogP contribution in [0.25, 0.3) is 11.1 Å². The molecule has 4 aromatic rings. The van der Waals surface area contributed by atoms with Crippen molar-refractivity contribution in [2.24, 2.45) is 4.99 Å². The summed E-state index contributed by atoms with van der Waals surface area (Å²) in [7, 11) is 0. The molecule has 166 valence electrons. The molecule has 0 fully saturated rings. The third kappa shape index (κ3) is 5.94. The molecule has 3 aromatic carbocycles. The Balaban J connectivity index is 1.56. The number of amides is 1. The number of benzene rings is 3. The third-order valence-electron chi connectivity index (χ3n) is 5.17. The molecule has 0 radical (unpaired) electrons. The van der Waals surface area contributed by atoms with Crippen molar-refractivity contribution in [1.29, 1.82) is 0 Å². The van der Waals surface area contributed by atoms with E-state index in [0.29, 0.717) is 17.1 Å². The van der Waals surface area contributed by atoms with Gasteiger partial charge in [0.15, 0.2) is 0 Å². The molecule has 0 spiro atoms. The first-order valence-electron chi connectivity index (χ1n) is 10.6. The Morgan fingerprint density at radius 1 is 1.12 bits per heavy atom. The van der Waals surface area contributed by atoms with Crippen LogP contribution in [0.15, 0.2) is 90.3 Å². The summed E-state index contributed by atoms with van der Waals surface area (Å²) in [6, 6.07) is 23.2. The maximum atomic E-state index is 12.6. The molecule has 0 aliphatic carbocycles. The quantitative estimate of drug-likeness (QED) is 0.209. The Hall–Kier alpha value is -3.74. The Labute approximate surface area is 197 Å². The predicted octanol–water partition coefficient (Wildman–Crippen LogP) is 5.46. The average molecular weight is 458 g/mol. The number of halogens is 1. The average Bonchev–Trinajstić information content (AvgIpc) is 3.35. The second-order valence-corrected chi connectivity index (χ2v) is 7.97. The van der Waals surface area contributed by atoms with Gasteiger partial charge in [0.2, 0.25) is 0 Å². The van der Waals surface area contributed by atoms with Crippen LogP contribution in [0.1, 0.15) is 21.6 Å². The number of rotatable bonds is 8.